The molecule has 2 aliphatic carbocycles. The van der Waals surface area contributed by atoms with Gasteiger partial charge in [0.05, 0.1) is 32.1 Å². The van der Waals surface area contributed by atoms with Crippen molar-refractivity contribution in [2.24, 2.45) is 5.92 Å². The molecule has 3 N–H and O–H groups in total. The zero-order valence-electron chi connectivity index (χ0n) is 31.1. The summed E-state index contributed by atoms with van der Waals surface area (Å²) in [6.45, 7) is 3.48. The smallest absolute Gasteiger partial charge is 0.407 e. The van der Waals surface area contributed by atoms with E-state index in [0.717, 1.165) is 17.0 Å². The van der Waals surface area contributed by atoms with Crippen LogP contribution >= 0.6 is 0 Å². The fourth-order valence-electron chi connectivity index (χ4n) is 7.54. The lowest BCUT2D eigenvalue weighted by Crippen LogP contribution is -2.60. The van der Waals surface area contributed by atoms with Gasteiger partial charge >= 0.3 is 6.09 Å². The molecule has 16 nitrogen and oxygen atoms in total. The van der Waals surface area contributed by atoms with Gasteiger partial charge in [0.2, 0.25) is 33.6 Å². The minimum atomic E-state index is -3.94. The number of carbonyl (C=O) groups is 5. The van der Waals surface area contributed by atoms with Crippen LogP contribution < -0.4 is 24.8 Å². The Morgan fingerprint density at radius 1 is 1.12 bits per heavy atom. The van der Waals surface area contributed by atoms with Gasteiger partial charge < -0.3 is 34.6 Å². The maximum absolute atomic E-state index is 14.7. The van der Waals surface area contributed by atoms with Gasteiger partial charge in [0.25, 0.3) is 5.91 Å². The molecule has 298 valence electrons. The normalized spacial score (nSPS) is 28.5. The van der Waals surface area contributed by atoms with Gasteiger partial charge in [-0.05, 0) is 74.6 Å². The Hall–Kier alpha value is -5.45. The molecular weight excluding hydrogens is 745 g/mol. The van der Waals surface area contributed by atoms with Gasteiger partial charge in [-0.1, -0.05) is 30.9 Å². The van der Waals surface area contributed by atoms with Crippen molar-refractivity contribution in [3.8, 4) is 11.6 Å². The summed E-state index contributed by atoms with van der Waals surface area (Å²) < 4.78 is 45.5. The standard InChI is InChI=1S/C39H46N6O10S/c1-3-33(46)44-16-8-4-7-11-26-21-39(26,37(49)43-56(51,52)28-12-13-28)42-34(47)31-20-27-22-45(31)36(48)30(23-44)41-38(50)54-17-9-5-6-10-25-18-29-24(19-32(25)53-2)14-15-40-35(29)55-27/h3,6-7,10-11,14-15,18-19,26-28,30-31H,1,4-5,8-9,12-13,16-17,20-23H2,2H3,(H,41,50)(H,42,47)(H,43,49)/b10-6+,11-7-/t26-,27?,30+,31+,39-/m1/s1. The van der Waals surface area contributed by atoms with E-state index >= 15 is 0 Å². The van der Waals surface area contributed by atoms with E-state index < -0.39 is 74.6 Å². The monoisotopic (exact) mass is 790 g/mol. The minimum absolute atomic E-state index is 0.0358. The number of nitrogens with zero attached hydrogens (tertiary/aromatic N) is 3. The first-order valence-electron chi connectivity index (χ1n) is 18.9. The lowest BCUT2D eigenvalue weighted by molar-refractivity contribution is -0.142. The number of cyclic esters (lactones) is 1. The minimum Gasteiger partial charge on any atom is -0.496 e. The van der Waals surface area contributed by atoms with Gasteiger partial charge in [-0.25, -0.2) is 18.2 Å². The molecule has 4 heterocycles. The number of hydrogen-bond donors (Lipinski definition) is 3. The molecule has 5 amide bonds. The van der Waals surface area contributed by atoms with Crippen LogP contribution in [0.1, 0.15) is 56.9 Å². The van der Waals surface area contributed by atoms with Crippen molar-refractivity contribution < 1.29 is 46.6 Å². The van der Waals surface area contributed by atoms with Crippen molar-refractivity contribution in [3.05, 3.63) is 60.8 Å². The van der Waals surface area contributed by atoms with E-state index in [1.807, 2.05) is 36.4 Å². The first-order chi connectivity index (χ1) is 26.9. The van der Waals surface area contributed by atoms with Crippen molar-refractivity contribution in [1.29, 1.82) is 0 Å². The number of sulfonamides is 1. The maximum Gasteiger partial charge on any atom is 0.407 e. The third-order valence-corrected chi connectivity index (χ3v) is 12.7. The first kappa shape index (κ1) is 38.8. The van der Waals surface area contributed by atoms with Gasteiger partial charge in [-0.3, -0.25) is 23.9 Å². The third-order valence-electron chi connectivity index (χ3n) is 10.9. The van der Waals surface area contributed by atoms with Crippen LogP contribution in [-0.2, 0) is 33.9 Å². The number of ether oxygens (including phenoxy) is 3. The Bertz CT molecular complexity index is 2100. The number of allylic oxidation sites excluding steroid dienone is 2. The summed E-state index contributed by atoms with van der Waals surface area (Å²) in [5, 5.41) is 6.25. The molecular formula is C39H46N6O10S. The van der Waals surface area contributed by atoms with Gasteiger partial charge in [0, 0.05) is 36.0 Å². The van der Waals surface area contributed by atoms with E-state index in [1.54, 1.807) is 19.4 Å². The van der Waals surface area contributed by atoms with E-state index in [4.69, 9.17) is 14.2 Å². The van der Waals surface area contributed by atoms with E-state index in [0.29, 0.717) is 49.7 Å². The number of nitrogens with one attached hydrogen (secondary N) is 3. The largest absolute Gasteiger partial charge is 0.496 e. The second-order valence-corrected chi connectivity index (χ2v) is 16.8. The summed E-state index contributed by atoms with van der Waals surface area (Å²) in [7, 11) is -2.37. The predicted octanol–water partition coefficient (Wildman–Crippen LogP) is 2.34. The first-order valence-corrected chi connectivity index (χ1v) is 20.5. The molecule has 56 heavy (non-hydrogen) atoms. The lowest BCUT2D eigenvalue weighted by Gasteiger charge is -2.32. The zero-order valence-corrected chi connectivity index (χ0v) is 31.9. The summed E-state index contributed by atoms with van der Waals surface area (Å²) in [6.07, 6.45) is 11.4. The van der Waals surface area contributed by atoms with E-state index in [-0.39, 0.29) is 45.0 Å². The maximum atomic E-state index is 14.7. The summed E-state index contributed by atoms with van der Waals surface area (Å²) >= 11 is 0. The van der Waals surface area contributed by atoms with Crippen LogP contribution in [-0.4, -0.2) is 115 Å². The lowest BCUT2D eigenvalue weighted by atomic mass is 10.1. The molecule has 17 heteroatoms. The molecule has 5 atom stereocenters. The van der Waals surface area contributed by atoms with Crippen LogP contribution in [0.3, 0.4) is 0 Å². The van der Waals surface area contributed by atoms with Crippen molar-refractivity contribution in [2.45, 2.75) is 80.3 Å². The number of alkyl carbamates (subject to hydrolysis) is 1. The molecule has 5 bridgehead atoms. The molecule has 1 aromatic heterocycles. The number of aromatic nitrogens is 1. The Balaban J connectivity index is 1.28. The molecule has 0 radical (unpaired) electrons. The Labute approximate surface area is 324 Å². The summed E-state index contributed by atoms with van der Waals surface area (Å²) in [6, 6.07) is 2.98. The van der Waals surface area contributed by atoms with Crippen molar-refractivity contribution in [3.63, 3.8) is 0 Å². The van der Waals surface area contributed by atoms with Crippen molar-refractivity contribution in [2.75, 3.05) is 33.4 Å². The number of hydrogen-bond acceptors (Lipinski definition) is 11. The zero-order chi connectivity index (χ0) is 39.6. The Morgan fingerprint density at radius 3 is 2.70 bits per heavy atom. The van der Waals surface area contributed by atoms with Gasteiger partial charge in [-0.15, -0.1) is 0 Å². The highest BCUT2D eigenvalue weighted by Gasteiger charge is 2.62. The molecule has 2 saturated carbocycles. The van der Waals surface area contributed by atoms with Gasteiger partial charge in [0.1, 0.15) is 29.5 Å². The molecule has 3 aliphatic heterocycles. The number of benzene rings is 1. The molecule has 7 rings (SSSR count). The van der Waals surface area contributed by atoms with Gasteiger partial charge in [-0.2, -0.15) is 0 Å². The summed E-state index contributed by atoms with van der Waals surface area (Å²) in [4.78, 5) is 76.4. The molecule has 5 aliphatic rings. The average Bonchev–Trinajstić information content (AvgIpc) is 4.10. The van der Waals surface area contributed by atoms with Crippen LogP contribution in [0.4, 0.5) is 4.79 Å². The number of rotatable bonds is 5. The molecule has 3 fully saturated rings. The van der Waals surface area contributed by atoms with E-state index in [9.17, 15) is 32.4 Å². The number of amides is 5. The van der Waals surface area contributed by atoms with Crippen LogP contribution in [0, 0.1) is 5.92 Å². The number of pyridine rings is 1. The Kier molecular flexibility index (Phi) is 11.1. The summed E-state index contributed by atoms with van der Waals surface area (Å²) in [5.41, 5.74) is -0.824. The molecule has 2 aromatic rings. The molecule has 1 aromatic carbocycles. The van der Waals surface area contributed by atoms with Crippen LogP contribution in [0.15, 0.2) is 55.3 Å². The number of carbonyl (C=O) groups excluding carboxylic acids is 5. The third kappa shape index (κ3) is 8.22. The highest BCUT2D eigenvalue weighted by molar-refractivity contribution is 7.91. The predicted molar refractivity (Wildman–Crippen MR) is 204 cm³/mol. The quantitative estimate of drug-likeness (QED) is 0.297. The molecule has 0 spiro atoms. The van der Waals surface area contributed by atoms with Gasteiger partial charge in [0.15, 0.2) is 0 Å². The van der Waals surface area contributed by atoms with Crippen molar-refractivity contribution in [1.82, 2.24) is 30.1 Å². The SMILES string of the molecule is C=CC(=O)N1CCC/C=C\[C@@H]2C[C@@]2(C(=O)NS(=O)(=O)C2CC2)NC(=O)[C@@H]2CC3CN2C(=O)[C@H](C1)NC(=O)OCCC/C=C/c1cc2c(nccc2cc1OC)O3. The van der Waals surface area contributed by atoms with Crippen LogP contribution in [0.5, 0.6) is 11.6 Å². The highest BCUT2D eigenvalue weighted by Crippen LogP contribution is 2.46. The summed E-state index contributed by atoms with van der Waals surface area (Å²) in [5.74, 6) is -2.34. The number of fused-ring (bicyclic) bond motifs is 4. The fourth-order valence-corrected chi connectivity index (χ4v) is 8.90. The topological polar surface area (TPSA) is 203 Å². The highest BCUT2D eigenvalue weighted by atomic mass is 32.2. The molecule has 1 saturated heterocycles. The fraction of sp³-hybridized carbons (Fsp3) is 0.487. The van der Waals surface area contributed by atoms with Crippen molar-refractivity contribution >= 4 is 56.6 Å². The second kappa shape index (κ2) is 16.0. The Morgan fingerprint density at radius 2 is 1.93 bits per heavy atom. The van der Waals surface area contributed by atoms with E-state index in [1.165, 1.54) is 9.80 Å². The molecule has 1 unspecified atom stereocenters. The van der Waals surface area contributed by atoms with E-state index in [2.05, 4.69) is 26.9 Å². The van der Waals surface area contributed by atoms with Crippen LogP contribution in [0.2, 0.25) is 0 Å². The number of methoxy groups -OCH3 is 1. The second-order valence-electron chi connectivity index (χ2n) is 14.8. The van der Waals surface area contributed by atoms with Crippen LogP contribution in [0.25, 0.3) is 16.8 Å². The average molecular weight is 791 g/mol.